The van der Waals surface area contributed by atoms with Crippen LogP contribution in [0.5, 0.6) is 0 Å². The Morgan fingerprint density at radius 1 is 1.48 bits per heavy atom. The molecule has 0 fully saturated rings. The number of carbonyl (C=O) groups is 1. The fraction of sp³-hybridized carbons (Fsp3) is 0.500. The molecule has 0 bridgehead atoms. The van der Waals surface area contributed by atoms with E-state index in [0.29, 0.717) is 13.0 Å². The van der Waals surface area contributed by atoms with Gasteiger partial charge in [-0.1, -0.05) is 25.4 Å². The van der Waals surface area contributed by atoms with Crippen molar-refractivity contribution in [2.75, 3.05) is 6.54 Å². The molecule has 116 valence electrons. The number of aliphatic hydroxyl groups excluding tert-OH is 1. The summed E-state index contributed by atoms with van der Waals surface area (Å²) < 4.78 is 0. The molecule has 0 aliphatic carbocycles. The maximum absolute atomic E-state index is 12.0. The Morgan fingerprint density at radius 2 is 2.10 bits per heavy atom. The van der Waals surface area contributed by atoms with Crippen LogP contribution < -0.4 is 5.32 Å². The number of hydrogen-bond acceptors (Lipinski definition) is 4. The second-order valence-electron chi connectivity index (χ2n) is 5.86. The molecule has 0 saturated carbocycles. The molecule has 2 N–H and O–H groups in total. The fourth-order valence-electron chi connectivity index (χ4n) is 2.10. The predicted octanol–water partition coefficient (Wildman–Crippen LogP) is 2.78. The topological polar surface area (TPSA) is 92.5 Å². The summed E-state index contributed by atoms with van der Waals surface area (Å²) in [6.45, 7) is 5.86. The van der Waals surface area contributed by atoms with Crippen molar-refractivity contribution >= 4 is 23.2 Å². The maximum Gasteiger partial charge on any atom is 0.271 e. The van der Waals surface area contributed by atoms with Gasteiger partial charge in [0.15, 0.2) is 0 Å². The second kappa shape index (κ2) is 6.87. The molecule has 0 heterocycles. The Morgan fingerprint density at radius 3 is 2.62 bits per heavy atom. The lowest BCUT2D eigenvalue weighted by Gasteiger charge is -2.26. The van der Waals surface area contributed by atoms with Gasteiger partial charge >= 0.3 is 0 Å². The molecule has 0 radical (unpaired) electrons. The van der Waals surface area contributed by atoms with E-state index in [-0.39, 0.29) is 21.7 Å². The van der Waals surface area contributed by atoms with Crippen LogP contribution in [0.1, 0.15) is 37.6 Å². The average molecular weight is 315 g/mol. The molecule has 0 aliphatic heterocycles. The quantitative estimate of drug-likeness (QED) is 0.623. The van der Waals surface area contributed by atoms with Crippen LogP contribution in [0.4, 0.5) is 5.69 Å². The summed E-state index contributed by atoms with van der Waals surface area (Å²) >= 11 is 5.78. The van der Waals surface area contributed by atoms with E-state index in [2.05, 4.69) is 5.32 Å². The summed E-state index contributed by atoms with van der Waals surface area (Å²) in [6, 6.07) is 3.75. The van der Waals surface area contributed by atoms with Crippen LogP contribution in [0.15, 0.2) is 18.2 Å². The molecule has 6 nitrogen and oxygen atoms in total. The molecule has 0 spiro atoms. The number of nitro benzene ring substituents is 1. The van der Waals surface area contributed by atoms with E-state index >= 15 is 0 Å². The minimum Gasteiger partial charge on any atom is -0.393 e. The molecule has 1 aromatic rings. The summed E-state index contributed by atoms with van der Waals surface area (Å²) in [5, 5.41) is 23.0. The number of nitrogens with zero attached hydrogens (tertiary/aromatic N) is 1. The van der Waals surface area contributed by atoms with Crippen molar-refractivity contribution in [1.82, 2.24) is 5.32 Å². The lowest BCUT2D eigenvalue weighted by molar-refractivity contribution is -0.384. The molecular weight excluding hydrogens is 296 g/mol. The summed E-state index contributed by atoms with van der Waals surface area (Å²) in [4.78, 5) is 22.2. The number of amides is 1. The SMILES string of the molecule is CC(O)CC(C)(C)CNC(=O)c1cc(Cl)cc([N+](=O)[O-])c1. The van der Waals surface area contributed by atoms with Gasteiger partial charge in [0, 0.05) is 29.3 Å². The summed E-state index contributed by atoms with van der Waals surface area (Å²) in [6.07, 6.45) is 0.0624. The molecule has 7 heteroatoms. The lowest BCUT2D eigenvalue weighted by atomic mass is 9.87. The number of aliphatic hydroxyl groups is 1. The van der Waals surface area contributed by atoms with Gasteiger partial charge in [-0.3, -0.25) is 14.9 Å². The molecule has 1 atom stereocenters. The van der Waals surface area contributed by atoms with E-state index in [9.17, 15) is 20.0 Å². The first-order valence-electron chi connectivity index (χ1n) is 6.52. The number of hydrogen-bond donors (Lipinski definition) is 2. The van der Waals surface area contributed by atoms with Gasteiger partial charge in [-0.25, -0.2) is 0 Å². The minimum absolute atomic E-state index is 0.137. The first kappa shape index (κ1) is 17.4. The zero-order valence-corrected chi connectivity index (χ0v) is 13.0. The van der Waals surface area contributed by atoms with Gasteiger partial charge in [-0.05, 0) is 24.8 Å². The summed E-state index contributed by atoms with van der Waals surface area (Å²) in [7, 11) is 0. The van der Waals surface area contributed by atoms with Crippen molar-refractivity contribution in [2.24, 2.45) is 5.41 Å². The van der Waals surface area contributed by atoms with Gasteiger partial charge in [0.2, 0.25) is 0 Å². The van der Waals surface area contributed by atoms with E-state index in [1.54, 1.807) is 6.92 Å². The Kier molecular flexibility index (Phi) is 5.69. The van der Waals surface area contributed by atoms with E-state index in [4.69, 9.17) is 11.6 Å². The standard InChI is InChI=1S/C14H19ClN2O4/c1-9(18)7-14(2,3)8-16-13(19)10-4-11(15)6-12(5-10)17(20)21/h4-6,9,18H,7-8H2,1-3H3,(H,16,19). The number of nitrogens with one attached hydrogen (secondary N) is 1. The van der Waals surface area contributed by atoms with Crippen LogP contribution in [-0.4, -0.2) is 28.6 Å². The molecule has 0 aliphatic rings. The Labute approximate surface area is 128 Å². The van der Waals surface area contributed by atoms with Gasteiger partial charge in [0.1, 0.15) is 0 Å². The Hall–Kier alpha value is -1.66. The highest BCUT2D eigenvalue weighted by atomic mass is 35.5. The highest BCUT2D eigenvalue weighted by molar-refractivity contribution is 6.31. The number of nitro groups is 1. The van der Waals surface area contributed by atoms with Crippen LogP contribution in [0, 0.1) is 15.5 Å². The Bertz CT molecular complexity index is 544. The number of carbonyl (C=O) groups excluding carboxylic acids is 1. The number of rotatable bonds is 6. The van der Waals surface area contributed by atoms with E-state index in [1.807, 2.05) is 13.8 Å². The molecule has 1 aromatic carbocycles. The highest BCUT2D eigenvalue weighted by Gasteiger charge is 2.22. The molecular formula is C14H19ClN2O4. The first-order valence-corrected chi connectivity index (χ1v) is 6.90. The molecule has 21 heavy (non-hydrogen) atoms. The first-order chi connectivity index (χ1) is 9.60. The van der Waals surface area contributed by atoms with Gasteiger partial charge < -0.3 is 10.4 Å². The van der Waals surface area contributed by atoms with Crippen molar-refractivity contribution in [3.05, 3.63) is 38.9 Å². The van der Waals surface area contributed by atoms with Crippen LogP contribution in [0.25, 0.3) is 0 Å². The third-order valence-corrected chi connectivity index (χ3v) is 3.15. The van der Waals surface area contributed by atoms with Crippen molar-refractivity contribution < 1.29 is 14.8 Å². The monoisotopic (exact) mass is 314 g/mol. The van der Waals surface area contributed by atoms with Gasteiger partial charge in [0.05, 0.1) is 11.0 Å². The smallest absolute Gasteiger partial charge is 0.271 e. The van der Waals surface area contributed by atoms with Gasteiger partial charge in [0.25, 0.3) is 11.6 Å². The van der Waals surface area contributed by atoms with Crippen molar-refractivity contribution in [2.45, 2.75) is 33.3 Å². The van der Waals surface area contributed by atoms with Gasteiger partial charge in [-0.2, -0.15) is 0 Å². The molecule has 0 aromatic heterocycles. The van der Waals surface area contributed by atoms with Gasteiger partial charge in [-0.15, -0.1) is 0 Å². The third-order valence-electron chi connectivity index (χ3n) is 2.93. The molecule has 0 saturated heterocycles. The maximum atomic E-state index is 12.0. The highest BCUT2D eigenvalue weighted by Crippen LogP contribution is 2.23. The van der Waals surface area contributed by atoms with Crippen LogP contribution >= 0.6 is 11.6 Å². The molecule has 1 unspecified atom stereocenters. The number of halogens is 1. The predicted molar refractivity (Wildman–Crippen MR) is 80.5 cm³/mol. The van der Waals surface area contributed by atoms with Crippen LogP contribution in [-0.2, 0) is 0 Å². The van der Waals surface area contributed by atoms with E-state index in [1.165, 1.54) is 18.2 Å². The summed E-state index contributed by atoms with van der Waals surface area (Å²) in [5.41, 5.74) is -0.369. The van der Waals surface area contributed by atoms with E-state index < -0.39 is 16.9 Å². The van der Waals surface area contributed by atoms with Crippen LogP contribution in [0.3, 0.4) is 0 Å². The molecule has 1 amide bonds. The van der Waals surface area contributed by atoms with Crippen molar-refractivity contribution in [3.8, 4) is 0 Å². The van der Waals surface area contributed by atoms with Crippen molar-refractivity contribution in [1.29, 1.82) is 0 Å². The minimum atomic E-state index is -0.597. The molecule has 1 rings (SSSR count). The fourth-order valence-corrected chi connectivity index (χ4v) is 2.33. The zero-order valence-electron chi connectivity index (χ0n) is 12.2. The van der Waals surface area contributed by atoms with E-state index in [0.717, 1.165) is 0 Å². The average Bonchev–Trinajstić information content (AvgIpc) is 2.33. The largest absolute Gasteiger partial charge is 0.393 e. The number of non-ortho nitro benzene ring substituents is 1. The lowest BCUT2D eigenvalue weighted by Crippen LogP contribution is -2.35. The Balaban J connectivity index is 2.79. The zero-order chi connectivity index (χ0) is 16.2. The number of benzene rings is 1. The second-order valence-corrected chi connectivity index (χ2v) is 6.29. The summed E-state index contributed by atoms with van der Waals surface area (Å²) in [5.74, 6) is -0.431. The third kappa shape index (κ3) is 5.69. The van der Waals surface area contributed by atoms with Crippen molar-refractivity contribution in [3.63, 3.8) is 0 Å². The van der Waals surface area contributed by atoms with Crippen LogP contribution in [0.2, 0.25) is 5.02 Å². The normalized spacial score (nSPS) is 12.8.